The van der Waals surface area contributed by atoms with Crippen LogP contribution in [-0.2, 0) is 13.0 Å². The first-order valence-electron chi connectivity index (χ1n) is 4.67. The molecule has 0 amide bonds. The van der Waals surface area contributed by atoms with Gasteiger partial charge in [-0.3, -0.25) is 5.10 Å². The standard InChI is InChI=1S/C9H11N5/c10-8-7-6-1-2-11-3-5(6)4-12-9(7)14-13-8/h4,11H,1-3H2,(H3,10,12,13,14). The van der Waals surface area contributed by atoms with E-state index >= 15 is 0 Å². The molecule has 0 atom stereocenters. The van der Waals surface area contributed by atoms with Gasteiger partial charge in [0.25, 0.3) is 0 Å². The average molecular weight is 189 g/mol. The Morgan fingerprint density at radius 3 is 3.29 bits per heavy atom. The molecule has 5 heteroatoms. The lowest BCUT2D eigenvalue weighted by atomic mass is 10.0. The van der Waals surface area contributed by atoms with Gasteiger partial charge >= 0.3 is 0 Å². The predicted molar refractivity (Wildman–Crippen MR) is 53.7 cm³/mol. The van der Waals surface area contributed by atoms with Crippen molar-refractivity contribution >= 4 is 16.9 Å². The van der Waals surface area contributed by atoms with Crippen LogP contribution in [0.3, 0.4) is 0 Å². The fourth-order valence-corrected chi connectivity index (χ4v) is 1.99. The Kier molecular flexibility index (Phi) is 1.49. The lowest BCUT2D eigenvalue weighted by molar-refractivity contribution is 0.645. The Bertz CT molecular complexity index is 487. The molecule has 4 N–H and O–H groups in total. The maximum absolute atomic E-state index is 5.82. The summed E-state index contributed by atoms with van der Waals surface area (Å²) in [5, 5.41) is 11.1. The van der Waals surface area contributed by atoms with Crippen molar-refractivity contribution in [2.75, 3.05) is 12.3 Å². The first kappa shape index (κ1) is 7.75. The van der Waals surface area contributed by atoms with E-state index in [2.05, 4.69) is 20.5 Å². The van der Waals surface area contributed by atoms with Crippen molar-refractivity contribution < 1.29 is 0 Å². The van der Waals surface area contributed by atoms with Crippen LogP contribution in [0.1, 0.15) is 11.1 Å². The quantitative estimate of drug-likeness (QED) is 0.552. The molecule has 0 unspecified atom stereocenters. The summed E-state index contributed by atoms with van der Waals surface area (Å²) in [6.07, 6.45) is 2.88. The van der Waals surface area contributed by atoms with Crippen LogP contribution in [0.2, 0.25) is 0 Å². The van der Waals surface area contributed by atoms with E-state index < -0.39 is 0 Å². The fraction of sp³-hybridized carbons (Fsp3) is 0.333. The highest BCUT2D eigenvalue weighted by Gasteiger charge is 2.16. The minimum Gasteiger partial charge on any atom is -0.384 e. The molecule has 3 heterocycles. The summed E-state index contributed by atoms with van der Waals surface area (Å²) in [6.45, 7) is 1.87. The van der Waals surface area contributed by atoms with Crippen LogP contribution in [0, 0.1) is 0 Å². The van der Waals surface area contributed by atoms with Crippen molar-refractivity contribution in [1.29, 1.82) is 0 Å². The molecule has 1 aliphatic heterocycles. The summed E-state index contributed by atoms with van der Waals surface area (Å²) in [5.74, 6) is 0.631. The van der Waals surface area contributed by atoms with Gasteiger partial charge in [-0.2, -0.15) is 5.10 Å². The first-order chi connectivity index (χ1) is 6.86. The molecule has 2 aromatic rings. The lowest BCUT2D eigenvalue weighted by Gasteiger charge is -2.16. The third-order valence-electron chi connectivity index (χ3n) is 2.67. The van der Waals surface area contributed by atoms with Crippen LogP contribution in [0.4, 0.5) is 5.82 Å². The van der Waals surface area contributed by atoms with Gasteiger partial charge in [0.2, 0.25) is 0 Å². The van der Waals surface area contributed by atoms with Crippen LogP contribution < -0.4 is 11.1 Å². The van der Waals surface area contributed by atoms with Crippen LogP contribution >= 0.6 is 0 Å². The number of nitrogens with two attached hydrogens (primary N) is 1. The van der Waals surface area contributed by atoms with E-state index in [1.807, 2.05) is 6.20 Å². The molecular weight excluding hydrogens is 178 g/mol. The Balaban J connectivity index is 2.38. The highest BCUT2D eigenvalue weighted by atomic mass is 15.2. The molecule has 14 heavy (non-hydrogen) atoms. The lowest BCUT2D eigenvalue weighted by Crippen LogP contribution is -2.24. The topological polar surface area (TPSA) is 79.6 Å². The summed E-state index contributed by atoms with van der Waals surface area (Å²) < 4.78 is 0. The van der Waals surface area contributed by atoms with Gasteiger partial charge < -0.3 is 11.1 Å². The summed E-state index contributed by atoms with van der Waals surface area (Å²) >= 11 is 0. The molecule has 0 spiro atoms. The largest absolute Gasteiger partial charge is 0.384 e. The number of hydrogen-bond acceptors (Lipinski definition) is 4. The number of rotatable bonds is 0. The van der Waals surface area contributed by atoms with Gasteiger partial charge in [-0.25, -0.2) is 4.98 Å². The molecule has 0 saturated carbocycles. The predicted octanol–water partition coefficient (Wildman–Crippen LogP) is 0.186. The van der Waals surface area contributed by atoms with Gasteiger partial charge in [-0.15, -0.1) is 0 Å². The monoisotopic (exact) mass is 189 g/mol. The van der Waals surface area contributed by atoms with Crippen LogP contribution in [0.5, 0.6) is 0 Å². The Morgan fingerprint density at radius 2 is 2.36 bits per heavy atom. The van der Waals surface area contributed by atoms with E-state index in [4.69, 9.17) is 5.73 Å². The Labute approximate surface area is 80.7 Å². The molecule has 5 nitrogen and oxygen atoms in total. The van der Waals surface area contributed by atoms with Crippen LogP contribution in [0.25, 0.3) is 11.0 Å². The maximum Gasteiger partial charge on any atom is 0.183 e. The second-order valence-electron chi connectivity index (χ2n) is 3.52. The van der Waals surface area contributed by atoms with Crippen LogP contribution in [0.15, 0.2) is 6.20 Å². The molecule has 0 aromatic carbocycles. The van der Waals surface area contributed by atoms with E-state index in [0.717, 1.165) is 30.5 Å². The fourth-order valence-electron chi connectivity index (χ4n) is 1.99. The van der Waals surface area contributed by atoms with Crippen molar-refractivity contribution in [3.05, 3.63) is 17.3 Å². The summed E-state index contributed by atoms with van der Waals surface area (Å²) in [5.41, 5.74) is 9.07. The number of aromatic nitrogens is 3. The second kappa shape index (κ2) is 2.68. The highest BCUT2D eigenvalue weighted by molar-refractivity contribution is 5.90. The third-order valence-corrected chi connectivity index (χ3v) is 2.67. The van der Waals surface area contributed by atoms with Crippen molar-refractivity contribution in [2.45, 2.75) is 13.0 Å². The molecule has 0 saturated heterocycles. The smallest absolute Gasteiger partial charge is 0.183 e. The zero-order valence-electron chi connectivity index (χ0n) is 7.67. The normalized spacial score (nSPS) is 15.7. The van der Waals surface area contributed by atoms with E-state index in [-0.39, 0.29) is 0 Å². The van der Waals surface area contributed by atoms with Crippen molar-refractivity contribution in [3.8, 4) is 0 Å². The van der Waals surface area contributed by atoms with E-state index in [1.165, 1.54) is 11.1 Å². The molecule has 3 rings (SSSR count). The first-order valence-corrected chi connectivity index (χ1v) is 4.67. The third kappa shape index (κ3) is 0.927. The van der Waals surface area contributed by atoms with Crippen LogP contribution in [-0.4, -0.2) is 21.7 Å². The van der Waals surface area contributed by atoms with E-state index in [9.17, 15) is 0 Å². The molecule has 0 bridgehead atoms. The van der Waals surface area contributed by atoms with Gasteiger partial charge in [0.05, 0.1) is 5.39 Å². The second-order valence-corrected chi connectivity index (χ2v) is 3.52. The number of nitrogens with zero attached hydrogens (tertiary/aromatic N) is 2. The summed E-state index contributed by atoms with van der Waals surface area (Å²) in [4.78, 5) is 4.25. The maximum atomic E-state index is 5.82. The van der Waals surface area contributed by atoms with Gasteiger partial charge in [0, 0.05) is 12.7 Å². The number of pyridine rings is 1. The van der Waals surface area contributed by atoms with Gasteiger partial charge in [-0.05, 0) is 24.1 Å². The van der Waals surface area contributed by atoms with E-state index in [1.54, 1.807) is 0 Å². The number of nitrogen functional groups attached to an aromatic ring is 1. The van der Waals surface area contributed by atoms with Crippen molar-refractivity contribution in [3.63, 3.8) is 0 Å². The minimum atomic E-state index is 0.631. The SMILES string of the molecule is Nc1[nH]nc2ncc3c(c12)CCNC3. The number of H-pyrrole nitrogens is 1. The molecule has 0 radical (unpaired) electrons. The Morgan fingerprint density at radius 1 is 1.43 bits per heavy atom. The number of hydrogen-bond donors (Lipinski definition) is 3. The molecular formula is C9H11N5. The summed E-state index contributed by atoms with van der Waals surface area (Å²) in [7, 11) is 0. The number of anilines is 1. The zero-order valence-corrected chi connectivity index (χ0v) is 7.67. The van der Waals surface area contributed by atoms with Gasteiger partial charge in [0.1, 0.15) is 5.82 Å². The minimum absolute atomic E-state index is 0.631. The van der Waals surface area contributed by atoms with Crippen molar-refractivity contribution in [1.82, 2.24) is 20.5 Å². The van der Waals surface area contributed by atoms with Gasteiger partial charge in [-0.1, -0.05) is 0 Å². The molecule has 0 fully saturated rings. The molecule has 72 valence electrons. The summed E-state index contributed by atoms with van der Waals surface area (Å²) in [6, 6.07) is 0. The number of fused-ring (bicyclic) bond motifs is 3. The molecule has 0 aliphatic carbocycles. The Hall–Kier alpha value is -1.62. The zero-order chi connectivity index (χ0) is 9.54. The highest BCUT2D eigenvalue weighted by Crippen LogP contribution is 2.25. The van der Waals surface area contributed by atoms with Crippen molar-refractivity contribution in [2.24, 2.45) is 0 Å². The van der Waals surface area contributed by atoms with Gasteiger partial charge in [0.15, 0.2) is 5.65 Å². The van der Waals surface area contributed by atoms with E-state index in [0.29, 0.717) is 5.82 Å². The number of aromatic amines is 1. The average Bonchev–Trinajstić information content (AvgIpc) is 2.61. The molecule has 2 aromatic heterocycles. The molecule has 1 aliphatic rings. The number of nitrogens with one attached hydrogen (secondary N) is 2.